The Morgan fingerprint density at radius 1 is 1.45 bits per heavy atom. The molecule has 1 amide bonds. The summed E-state index contributed by atoms with van der Waals surface area (Å²) in [6.45, 7) is 5.50. The molecule has 1 aliphatic rings. The van der Waals surface area contributed by atoms with Crippen molar-refractivity contribution >= 4 is 17.5 Å². The van der Waals surface area contributed by atoms with E-state index >= 15 is 0 Å². The average Bonchev–Trinajstić information content (AvgIpc) is 2.77. The first kappa shape index (κ1) is 15.3. The van der Waals surface area contributed by atoms with Crippen LogP contribution in [-0.4, -0.2) is 36.6 Å². The first-order chi connectivity index (χ1) is 9.42. The molecule has 0 aromatic heterocycles. The molecule has 0 radical (unpaired) electrons. The molecule has 5 heteroatoms. The molecule has 1 saturated heterocycles. The van der Waals surface area contributed by atoms with E-state index in [0.29, 0.717) is 13.0 Å². The second kappa shape index (κ2) is 6.12. The Balaban J connectivity index is 2.22. The molecule has 2 N–H and O–H groups in total. The van der Waals surface area contributed by atoms with Crippen LogP contribution < -0.4 is 5.73 Å². The molecular formula is C15H21ClN2O2. The van der Waals surface area contributed by atoms with Gasteiger partial charge in [-0.1, -0.05) is 11.6 Å². The molecule has 1 aromatic carbocycles. The molecule has 1 aliphatic heterocycles. The zero-order chi connectivity index (χ0) is 14.9. The zero-order valence-electron chi connectivity index (χ0n) is 12.1. The van der Waals surface area contributed by atoms with Crippen molar-refractivity contribution in [2.75, 3.05) is 13.7 Å². The normalized spacial score (nSPS) is 23.2. The quantitative estimate of drug-likeness (QED) is 0.925. The van der Waals surface area contributed by atoms with Crippen molar-refractivity contribution in [1.82, 2.24) is 4.90 Å². The van der Waals surface area contributed by atoms with E-state index in [4.69, 9.17) is 22.1 Å². The van der Waals surface area contributed by atoms with Crippen molar-refractivity contribution < 1.29 is 9.53 Å². The Kier molecular flexibility index (Phi) is 4.68. The van der Waals surface area contributed by atoms with E-state index in [0.717, 1.165) is 22.7 Å². The number of primary amides is 1. The molecule has 4 nitrogen and oxygen atoms in total. The highest BCUT2D eigenvalue weighted by molar-refractivity contribution is 6.30. The summed E-state index contributed by atoms with van der Waals surface area (Å²) in [6, 6.07) is 3.65. The van der Waals surface area contributed by atoms with Gasteiger partial charge in [-0.2, -0.15) is 0 Å². The summed E-state index contributed by atoms with van der Waals surface area (Å²) in [6.07, 6.45) is 0.734. The summed E-state index contributed by atoms with van der Waals surface area (Å²) in [5, 5.41) is 0.742. The van der Waals surface area contributed by atoms with Crippen LogP contribution in [0.15, 0.2) is 12.1 Å². The van der Waals surface area contributed by atoms with E-state index in [1.807, 2.05) is 26.0 Å². The van der Waals surface area contributed by atoms with Gasteiger partial charge in [0.15, 0.2) is 0 Å². The smallest absolute Gasteiger partial charge is 0.234 e. The van der Waals surface area contributed by atoms with Crippen LogP contribution in [0, 0.1) is 13.8 Å². The highest BCUT2D eigenvalue weighted by Gasteiger charge is 2.35. The Labute approximate surface area is 124 Å². The number of methoxy groups -OCH3 is 1. The number of benzene rings is 1. The molecule has 1 heterocycles. The number of amides is 1. The standard InChI is InChI=1S/C15H21ClN2O2/c1-9-4-11(16)5-10(2)13(9)8-18-7-12(20-3)6-14(18)15(17)19/h4-5,12,14H,6-8H2,1-3H3,(H2,17,19)/t12-,14-/m0/s1. The Hall–Kier alpha value is -1.10. The Morgan fingerprint density at radius 3 is 2.55 bits per heavy atom. The predicted octanol–water partition coefficient (Wildman–Crippen LogP) is 2.03. The lowest BCUT2D eigenvalue weighted by Gasteiger charge is -2.23. The van der Waals surface area contributed by atoms with E-state index in [-0.39, 0.29) is 18.1 Å². The number of rotatable bonds is 4. The van der Waals surface area contributed by atoms with E-state index < -0.39 is 0 Å². The summed E-state index contributed by atoms with van der Waals surface area (Å²) in [5.41, 5.74) is 8.98. The maximum atomic E-state index is 11.6. The van der Waals surface area contributed by atoms with Gasteiger partial charge in [-0.25, -0.2) is 0 Å². The molecule has 0 spiro atoms. The molecular weight excluding hydrogens is 276 g/mol. The monoisotopic (exact) mass is 296 g/mol. The second-order valence-corrected chi connectivity index (χ2v) is 5.90. The SMILES string of the molecule is CO[C@H]1C[C@@H](C(N)=O)N(Cc2c(C)cc(Cl)cc2C)C1. The highest BCUT2D eigenvalue weighted by Crippen LogP contribution is 2.26. The first-order valence-electron chi connectivity index (χ1n) is 6.74. The topological polar surface area (TPSA) is 55.6 Å². The number of hydrogen-bond donors (Lipinski definition) is 1. The average molecular weight is 297 g/mol. The number of nitrogens with zero attached hydrogens (tertiary/aromatic N) is 1. The largest absolute Gasteiger partial charge is 0.380 e. The van der Waals surface area contributed by atoms with Crippen molar-refractivity contribution in [3.8, 4) is 0 Å². The van der Waals surface area contributed by atoms with Crippen LogP contribution in [0.3, 0.4) is 0 Å². The van der Waals surface area contributed by atoms with Gasteiger partial charge >= 0.3 is 0 Å². The number of carbonyl (C=O) groups excluding carboxylic acids is 1. The molecule has 1 aromatic rings. The maximum Gasteiger partial charge on any atom is 0.234 e. The Morgan fingerprint density at radius 2 is 2.05 bits per heavy atom. The number of halogens is 1. The van der Waals surface area contributed by atoms with Gasteiger partial charge in [0.1, 0.15) is 0 Å². The molecule has 0 bridgehead atoms. The van der Waals surface area contributed by atoms with Crippen LogP contribution in [0.2, 0.25) is 5.02 Å². The lowest BCUT2D eigenvalue weighted by molar-refractivity contribution is -0.122. The molecule has 0 saturated carbocycles. The van der Waals surface area contributed by atoms with E-state index in [1.165, 1.54) is 5.56 Å². The number of aryl methyl sites for hydroxylation is 2. The van der Waals surface area contributed by atoms with Crippen molar-refractivity contribution in [2.45, 2.75) is 39.0 Å². The number of nitrogens with two attached hydrogens (primary N) is 1. The summed E-state index contributed by atoms with van der Waals surface area (Å²) >= 11 is 6.06. The first-order valence-corrected chi connectivity index (χ1v) is 7.12. The van der Waals surface area contributed by atoms with Crippen molar-refractivity contribution in [3.63, 3.8) is 0 Å². The van der Waals surface area contributed by atoms with Gasteiger partial charge in [-0.15, -0.1) is 0 Å². The van der Waals surface area contributed by atoms with Crippen LogP contribution in [-0.2, 0) is 16.1 Å². The Bertz CT molecular complexity index is 496. The predicted molar refractivity (Wildman–Crippen MR) is 79.7 cm³/mol. The van der Waals surface area contributed by atoms with Crippen LogP contribution in [0.4, 0.5) is 0 Å². The third kappa shape index (κ3) is 3.14. The van der Waals surface area contributed by atoms with Crippen LogP contribution in [0.25, 0.3) is 0 Å². The van der Waals surface area contributed by atoms with Crippen molar-refractivity contribution in [1.29, 1.82) is 0 Å². The molecule has 1 fully saturated rings. The fraction of sp³-hybridized carbons (Fsp3) is 0.533. The van der Waals surface area contributed by atoms with E-state index in [1.54, 1.807) is 7.11 Å². The summed E-state index contributed by atoms with van der Waals surface area (Å²) in [5.74, 6) is -0.284. The van der Waals surface area contributed by atoms with Gasteiger partial charge in [0, 0.05) is 25.2 Å². The van der Waals surface area contributed by atoms with Gasteiger partial charge in [-0.05, 0) is 49.1 Å². The third-order valence-electron chi connectivity index (χ3n) is 4.05. The van der Waals surface area contributed by atoms with Gasteiger partial charge < -0.3 is 10.5 Å². The van der Waals surface area contributed by atoms with E-state index in [9.17, 15) is 4.79 Å². The zero-order valence-corrected chi connectivity index (χ0v) is 12.9. The molecule has 2 rings (SSSR count). The molecule has 0 aliphatic carbocycles. The van der Waals surface area contributed by atoms with Gasteiger partial charge in [0.05, 0.1) is 12.1 Å². The van der Waals surface area contributed by atoms with Gasteiger partial charge in [0.2, 0.25) is 5.91 Å². The van der Waals surface area contributed by atoms with Crippen molar-refractivity contribution in [3.05, 3.63) is 33.8 Å². The van der Waals surface area contributed by atoms with Crippen LogP contribution >= 0.6 is 11.6 Å². The highest BCUT2D eigenvalue weighted by atomic mass is 35.5. The summed E-state index contributed by atoms with van der Waals surface area (Å²) in [7, 11) is 1.67. The summed E-state index contributed by atoms with van der Waals surface area (Å²) < 4.78 is 5.37. The third-order valence-corrected chi connectivity index (χ3v) is 4.27. The molecule has 110 valence electrons. The molecule has 0 unspecified atom stereocenters. The lowest BCUT2D eigenvalue weighted by atomic mass is 10.0. The minimum atomic E-state index is -0.284. The second-order valence-electron chi connectivity index (χ2n) is 5.46. The minimum absolute atomic E-state index is 0.0698. The molecule has 2 atom stereocenters. The van der Waals surface area contributed by atoms with Gasteiger partial charge in [-0.3, -0.25) is 9.69 Å². The number of carbonyl (C=O) groups is 1. The summed E-state index contributed by atoms with van der Waals surface area (Å²) in [4.78, 5) is 13.7. The van der Waals surface area contributed by atoms with Gasteiger partial charge in [0.25, 0.3) is 0 Å². The number of hydrogen-bond acceptors (Lipinski definition) is 3. The molecule has 20 heavy (non-hydrogen) atoms. The van der Waals surface area contributed by atoms with Crippen LogP contribution in [0.1, 0.15) is 23.1 Å². The van der Waals surface area contributed by atoms with Crippen LogP contribution in [0.5, 0.6) is 0 Å². The maximum absolute atomic E-state index is 11.6. The fourth-order valence-corrected chi connectivity index (χ4v) is 3.22. The van der Waals surface area contributed by atoms with Crippen molar-refractivity contribution in [2.24, 2.45) is 5.73 Å². The van der Waals surface area contributed by atoms with E-state index in [2.05, 4.69) is 4.90 Å². The fourth-order valence-electron chi connectivity index (χ4n) is 2.90. The number of likely N-dealkylation sites (tertiary alicyclic amines) is 1. The number of ether oxygens (including phenoxy) is 1. The lowest BCUT2D eigenvalue weighted by Crippen LogP contribution is -2.40. The minimum Gasteiger partial charge on any atom is -0.380 e.